The van der Waals surface area contributed by atoms with Crippen LogP contribution in [0.2, 0.25) is 0 Å². The maximum absolute atomic E-state index is 13.3. The summed E-state index contributed by atoms with van der Waals surface area (Å²) >= 11 is 0. The number of rotatable bonds is 3. The van der Waals surface area contributed by atoms with E-state index >= 15 is 0 Å². The van der Waals surface area contributed by atoms with Crippen molar-refractivity contribution in [2.75, 3.05) is 0 Å². The van der Waals surface area contributed by atoms with Crippen molar-refractivity contribution in [3.8, 4) is 0 Å². The quantitative estimate of drug-likeness (QED) is 0.863. The highest BCUT2D eigenvalue weighted by molar-refractivity contribution is 5.86. The molecule has 0 spiro atoms. The second-order valence-corrected chi connectivity index (χ2v) is 5.15. The summed E-state index contributed by atoms with van der Waals surface area (Å²) in [6.45, 7) is 5.58. The van der Waals surface area contributed by atoms with Crippen molar-refractivity contribution in [1.82, 2.24) is 4.98 Å². The first kappa shape index (κ1) is 11.8. The van der Waals surface area contributed by atoms with E-state index in [9.17, 15) is 9.18 Å². The molecular formula is C14H16FNO. The van der Waals surface area contributed by atoms with Gasteiger partial charge in [0.15, 0.2) is 0 Å². The summed E-state index contributed by atoms with van der Waals surface area (Å²) in [6, 6.07) is 4.67. The number of ketones is 1. The van der Waals surface area contributed by atoms with E-state index in [-0.39, 0.29) is 17.0 Å². The average molecular weight is 233 g/mol. The SMILES string of the molecule is CC(=O)CC(C)(C)c1c[nH]c2ccc(F)cc12. The predicted molar refractivity (Wildman–Crippen MR) is 66.6 cm³/mol. The second-order valence-electron chi connectivity index (χ2n) is 5.15. The molecule has 0 unspecified atom stereocenters. The molecule has 0 bridgehead atoms. The number of halogens is 1. The Morgan fingerprint density at radius 3 is 2.76 bits per heavy atom. The molecule has 1 aromatic heterocycles. The number of nitrogens with one attached hydrogen (secondary N) is 1. The average Bonchev–Trinajstić information content (AvgIpc) is 2.58. The van der Waals surface area contributed by atoms with Crippen molar-refractivity contribution in [3.63, 3.8) is 0 Å². The molecule has 0 aliphatic heterocycles. The number of fused-ring (bicyclic) bond motifs is 1. The van der Waals surface area contributed by atoms with Crippen LogP contribution in [0.1, 0.15) is 32.8 Å². The molecule has 0 aliphatic carbocycles. The van der Waals surface area contributed by atoms with Crippen molar-refractivity contribution in [1.29, 1.82) is 0 Å². The summed E-state index contributed by atoms with van der Waals surface area (Å²) in [6.07, 6.45) is 2.32. The zero-order valence-corrected chi connectivity index (χ0v) is 10.3. The van der Waals surface area contributed by atoms with Crippen LogP contribution in [-0.2, 0) is 10.2 Å². The largest absolute Gasteiger partial charge is 0.361 e. The molecule has 3 heteroatoms. The number of carbonyl (C=O) groups is 1. The molecule has 17 heavy (non-hydrogen) atoms. The molecule has 1 aromatic carbocycles. The monoisotopic (exact) mass is 233 g/mol. The van der Waals surface area contributed by atoms with E-state index < -0.39 is 0 Å². The van der Waals surface area contributed by atoms with Gasteiger partial charge in [0, 0.05) is 23.5 Å². The maximum atomic E-state index is 13.3. The van der Waals surface area contributed by atoms with Crippen LogP contribution in [-0.4, -0.2) is 10.8 Å². The smallest absolute Gasteiger partial charge is 0.130 e. The molecule has 1 heterocycles. The Hall–Kier alpha value is -1.64. The Kier molecular flexibility index (Phi) is 2.77. The van der Waals surface area contributed by atoms with E-state index in [0.717, 1.165) is 16.5 Å². The summed E-state index contributed by atoms with van der Waals surface area (Å²) in [7, 11) is 0. The molecule has 0 aliphatic rings. The highest BCUT2D eigenvalue weighted by Gasteiger charge is 2.25. The van der Waals surface area contributed by atoms with E-state index in [1.807, 2.05) is 20.0 Å². The van der Waals surface area contributed by atoms with Gasteiger partial charge in [-0.3, -0.25) is 4.79 Å². The van der Waals surface area contributed by atoms with E-state index in [1.165, 1.54) is 12.1 Å². The van der Waals surface area contributed by atoms with Crippen LogP contribution >= 0.6 is 0 Å². The highest BCUT2D eigenvalue weighted by atomic mass is 19.1. The zero-order chi connectivity index (χ0) is 12.6. The second kappa shape index (κ2) is 3.99. The Morgan fingerprint density at radius 1 is 1.41 bits per heavy atom. The topological polar surface area (TPSA) is 32.9 Å². The fourth-order valence-electron chi connectivity index (χ4n) is 2.37. The minimum absolute atomic E-state index is 0.140. The molecule has 0 atom stereocenters. The lowest BCUT2D eigenvalue weighted by molar-refractivity contribution is -0.118. The highest BCUT2D eigenvalue weighted by Crippen LogP contribution is 2.33. The molecule has 2 aromatic rings. The van der Waals surface area contributed by atoms with Gasteiger partial charge in [0.1, 0.15) is 11.6 Å². The molecule has 90 valence electrons. The van der Waals surface area contributed by atoms with Gasteiger partial charge in [-0.1, -0.05) is 13.8 Å². The Morgan fingerprint density at radius 2 is 2.12 bits per heavy atom. The van der Waals surface area contributed by atoms with E-state index in [1.54, 1.807) is 13.0 Å². The summed E-state index contributed by atoms with van der Waals surface area (Å²) in [5.74, 6) is -0.113. The van der Waals surface area contributed by atoms with Gasteiger partial charge < -0.3 is 4.98 Å². The van der Waals surface area contributed by atoms with Crippen molar-refractivity contribution < 1.29 is 9.18 Å². The van der Waals surface area contributed by atoms with Gasteiger partial charge in [-0.25, -0.2) is 4.39 Å². The lowest BCUT2D eigenvalue weighted by atomic mass is 9.80. The van der Waals surface area contributed by atoms with Crippen molar-refractivity contribution >= 4 is 16.7 Å². The fourth-order valence-corrected chi connectivity index (χ4v) is 2.37. The van der Waals surface area contributed by atoms with Crippen molar-refractivity contribution in [3.05, 3.63) is 35.8 Å². The van der Waals surface area contributed by atoms with Crippen LogP contribution in [0.25, 0.3) is 10.9 Å². The number of carbonyl (C=O) groups excluding carboxylic acids is 1. The van der Waals surface area contributed by atoms with Crippen LogP contribution in [0.4, 0.5) is 4.39 Å². The number of H-pyrrole nitrogens is 1. The van der Waals surface area contributed by atoms with Crippen molar-refractivity contribution in [2.24, 2.45) is 0 Å². The van der Waals surface area contributed by atoms with Crippen LogP contribution in [0.3, 0.4) is 0 Å². The van der Waals surface area contributed by atoms with Gasteiger partial charge in [0.05, 0.1) is 0 Å². The van der Waals surface area contributed by atoms with Gasteiger partial charge >= 0.3 is 0 Å². The maximum Gasteiger partial charge on any atom is 0.130 e. The van der Waals surface area contributed by atoms with Crippen molar-refractivity contribution in [2.45, 2.75) is 32.6 Å². The molecule has 1 N–H and O–H groups in total. The number of hydrogen-bond donors (Lipinski definition) is 1. The minimum atomic E-state index is -0.280. The number of aromatic nitrogens is 1. The van der Waals surface area contributed by atoms with Crippen LogP contribution in [0.15, 0.2) is 24.4 Å². The summed E-state index contributed by atoms with van der Waals surface area (Å²) in [5, 5.41) is 0.858. The first-order chi connectivity index (χ1) is 7.90. The molecular weight excluding hydrogens is 217 g/mol. The van der Waals surface area contributed by atoms with E-state index in [0.29, 0.717) is 6.42 Å². The van der Waals surface area contributed by atoms with Gasteiger partial charge in [0.2, 0.25) is 0 Å². The lowest BCUT2D eigenvalue weighted by Gasteiger charge is -2.22. The van der Waals surface area contributed by atoms with E-state index in [4.69, 9.17) is 0 Å². The van der Waals surface area contributed by atoms with Crippen LogP contribution in [0, 0.1) is 5.82 Å². The Balaban J connectivity index is 2.55. The lowest BCUT2D eigenvalue weighted by Crippen LogP contribution is -2.20. The summed E-state index contributed by atoms with van der Waals surface area (Å²) in [5.41, 5.74) is 1.61. The van der Waals surface area contributed by atoms with Gasteiger partial charge in [0.25, 0.3) is 0 Å². The standard InChI is InChI=1S/C14H16FNO/c1-9(17)7-14(2,3)12-8-16-13-5-4-10(15)6-11(12)13/h4-6,8,16H,7H2,1-3H3. The Labute approximate surface area is 99.8 Å². The fraction of sp³-hybridized carbons (Fsp3) is 0.357. The van der Waals surface area contributed by atoms with E-state index in [2.05, 4.69) is 4.98 Å². The Bertz CT molecular complexity index is 569. The van der Waals surface area contributed by atoms with Crippen LogP contribution in [0.5, 0.6) is 0 Å². The first-order valence-electron chi connectivity index (χ1n) is 5.67. The summed E-state index contributed by atoms with van der Waals surface area (Å²) < 4.78 is 13.3. The third kappa shape index (κ3) is 2.23. The minimum Gasteiger partial charge on any atom is -0.361 e. The third-order valence-corrected chi connectivity index (χ3v) is 3.06. The third-order valence-electron chi connectivity index (χ3n) is 3.06. The number of hydrogen-bond acceptors (Lipinski definition) is 1. The zero-order valence-electron chi connectivity index (χ0n) is 10.3. The molecule has 2 nitrogen and oxygen atoms in total. The predicted octanol–water partition coefficient (Wildman–Crippen LogP) is 3.56. The molecule has 0 amide bonds. The number of aromatic amines is 1. The van der Waals surface area contributed by atoms with Gasteiger partial charge in [-0.2, -0.15) is 0 Å². The first-order valence-corrected chi connectivity index (χ1v) is 5.67. The molecule has 0 fully saturated rings. The van der Waals surface area contributed by atoms with Crippen LogP contribution < -0.4 is 0 Å². The molecule has 2 rings (SSSR count). The molecule has 0 saturated carbocycles. The van der Waals surface area contributed by atoms with Gasteiger partial charge in [-0.15, -0.1) is 0 Å². The molecule has 0 radical (unpaired) electrons. The summed E-state index contributed by atoms with van der Waals surface area (Å²) in [4.78, 5) is 14.4. The number of Topliss-reactive ketones (excluding diaryl/α,β-unsaturated/α-hetero) is 1. The number of benzene rings is 1. The molecule has 0 saturated heterocycles. The van der Waals surface area contributed by atoms with Gasteiger partial charge in [-0.05, 0) is 36.1 Å². The normalized spacial score (nSPS) is 12.0.